The normalized spacial score (nSPS) is 26.8. The Labute approximate surface area is 122 Å². The molecule has 2 atom stereocenters. The highest BCUT2D eigenvalue weighted by Crippen LogP contribution is 2.35. The maximum atomic E-state index is 5.25. The lowest BCUT2D eigenvalue weighted by Crippen LogP contribution is -2.56. The lowest BCUT2D eigenvalue weighted by Gasteiger charge is -2.41. The summed E-state index contributed by atoms with van der Waals surface area (Å²) < 4.78 is 5.25. The molecule has 2 unspecified atom stereocenters. The summed E-state index contributed by atoms with van der Waals surface area (Å²) in [5, 5.41) is 3.73. The zero-order valence-electron chi connectivity index (χ0n) is 12.6. The largest absolute Gasteiger partial charge is 0.384 e. The van der Waals surface area contributed by atoms with Gasteiger partial charge >= 0.3 is 0 Å². The second-order valence-corrected chi connectivity index (χ2v) is 6.23. The van der Waals surface area contributed by atoms with Crippen LogP contribution in [0.2, 0.25) is 0 Å². The fourth-order valence-corrected chi connectivity index (χ4v) is 3.25. The van der Waals surface area contributed by atoms with Crippen molar-refractivity contribution < 1.29 is 4.74 Å². The van der Waals surface area contributed by atoms with E-state index in [1.807, 2.05) is 0 Å². The van der Waals surface area contributed by atoms with E-state index < -0.39 is 0 Å². The number of rotatable bonds is 5. The molecule has 20 heavy (non-hydrogen) atoms. The van der Waals surface area contributed by atoms with E-state index in [9.17, 15) is 0 Å². The molecular formula is C17H26N2O. The molecule has 1 N–H and O–H groups in total. The average molecular weight is 274 g/mol. The van der Waals surface area contributed by atoms with Gasteiger partial charge in [0.25, 0.3) is 0 Å². The second kappa shape index (κ2) is 6.15. The molecule has 3 rings (SSSR count). The molecule has 2 fully saturated rings. The first-order valence-electron chi connectivity index (χ1n) is 7.86. The minimum atomic E-state index is 0.564. The summed E-state index contributed by atoms with van der Waals surface area (Å²) in [7, 11) is 1.78. The Hall–Kier alpha value is -1.06. The molecular weight excluding hydrogens is 248 g/mol. The van der Waals surface area contributed by atoms with Crippen LogP contribution in [0, 0.1) is 5.92 Å². The molecule has 0 amide bonds. The van der Waals surface area contributed by atoms with Crippen molar-refractivity contribution in [2.45, 2.75) is 38.3 Å². The summed E-state index contributed by atoms with van der Waals surface area (Å²) in [6.07, 6.45) is 3.81. The van der Waals surface area contributed by atoms with Crippen LogP contribution >= 0.6 is 0 Å². The van der Waals surface area contributed by atoms with Gasteiger partial charge in [-0.15, -0.1) is 0 Å². The van der Waals surface area contributed by atoms with E-state index in [0.717, 1.165) is 32.0 Å². The Morgan fingerprint density at radius 2 is 2.10 bits per heavy atom. The Morgan fingerprint density at radius 3 is 2.85 bits per heavy atom. The molecule has 110 valence electrons. The van der Waals surface area contributed by atoms with E-state index in [0.29, 0.717) is 12.1 Å². The van der Waals surface area contributed by atoms with Crippen LogP contribution in [0.15, 0.2) is 24.3 Å². The molecule has 1 aromatic rings. The number of para-hydroxylation sites is 1. The van der Waals surface area contributed by atoms with Gasteiger partial charge in [-0.05, 0) is 43.7 Å². The van der Waals surface area contributed by atoms with Gasteiger partial charge in [0.15, 0.2) is 0 Å². The Kier molecular flexibility index (Phi) is 4.27. The van der Waals surface area contributed by atoms with E-state index in [1.165, 1.54) is 24.1 Å². The quantitative estimate of drug-likeness (QED) is 0.892. The average Bonchev–Trinajstić information content (AvgIpc) is 3.31. The molecule has 1 saturated heterocycles. The molecule has 0 radical (unpaired) electrons. The third-order valence-corrected chi connectivity index (χ3v) is 4.67. The van der Waals surface area contributed by atoms with Crippen molar-refractivity contribution in [1.82, 2.24) is 5.32 Å². The third-order valence-electron chi connectivity index (χ3n) is 4.67. The van der Waals surface area contributed by atoms with Gasteiger partial charge in [0, 0.05) is 38.0 Å². The highest BCUT2D eigenvalue weighted by Gasteiger charge is 2.36. The Balaban J connectivity index is 1.78. The summed E-state index contributed by atoms with van der Waals surface area (Å²) in [6, 6.07) is 10.1. The molecule has 1 aliphatic carbocycles. The number of piperazine rings is 1. The van der Waals surface area contributed by atoms with Crippen LogP contribution in [-0.4, -0.2) is 38.9 Å². The van der Waals surface area contributed by atoms with Crippen molar-refractivity contribution >= 4 is 5.69 Å². The first-order chi connectivity index (χ1) is 9.79. The number of ether oxygens (including phenoxy) is 1. The topological polar surface area (TPSA) is 24.5 Å². The van der Waals surface area contributed by atoms with Gasteiger partial charge in [-0.2, -0.15) is 0 Å². The molecule has 1 saturated carbocycles. The van der Waals surface area contributed by atoms with E-state index in [-0.39, 0.29) is 0 Å². The van der Waals surface area contributed by atoms with Gasteiger partial charge in [0.2, 0.25) is 0 Å². The van der Waals surface area contributed by atoms with E-state index in [2.05, 4.69) is 41.4 Å². The van der Waals surface area contributed by atoms with Gasteiger partial charge in [-0.3, -0.25) is 0 Å². The zero-order chi connectivity index (χ0) is 13.9. The van der Waals surface area contributed by atoms with E-state index in [4.69, 9.17) is 4.74 Å². The molecule has 1 aliphatic heterocycles. The van der Waals surface area contributed by atoms with Gasteiger partial charge in [0.05, 0.1) is 6.61 Å². The van der Waals surface area contributed by atoms with Crippen molar-refractivity contribution in [3.8, 4) is 0 Å². The van der Waals surface area contributed by atoms with Crippen LogP contribution < -0.4 is 10.2 Å². The smallest absolute Gasteiger partial charge is 0.0503 e. The van der Waals surface area contributed by atoms with E-state index in [1.54, 1.807) is 7.11 Å². The van der Waals surface area contributed by atoms with Crippen LogP contribution in [0.5, 0.6) is 0 Å². The minimum Gasteiger partial charge on any atom is -0.384 e. The number of benzene rings is 1. The summed E-state index contributed by atoms with van der Waals surface area (Å²) in [5.41, 5.74) is 2.82. The maximum absolute atomic E-state index is 5.25. The van der Waals surface area contributed by atoms with E-state index >= 15 is 0 Å². The molecule has 0 bridgehead atoms. The van der Waals surface area contributed by atoms with Gasteiger partial charge < -0.3 is 15.0 Å². The predicted molar refractivity (Wildman–Crippen MR) is 83.3 cm³/mol. The third kappa shape index (κ3) is 2.99. The lowest BCUT2D eigenvalue weighted by molar-refractivity contribution is 0.202. The van der Waals surface area contributed by atoms with Crippen molar-refractivity contribution in [2.75, 3.05) is 31.7 Å². The van der Waals surface area contributed by atoms with Crippen molar-refractivity contribution in [3.63, 3.8) is 0 Å². The number of hydrogen-bond donors (Lipinski definition) is 1. The lowest BCUT2D eigenvalue weighted by atomic mass is 10.0. The molecule has 2 aliphatic rings. The van der Waals surface area contributed by atoms with Crippen molar-refractivity contribution in [3.05, 3.63) is 29.8 Å². The van der Waals surface area contributed by atoms with Crippen LogP contribution in [-0.2, 0) is 11.2 Å². The van der Waals surface area contributed by atoms with Crippen LogP contribution in [0.25, 0.3) is 0 Å². The number of nitrogens with one attached hydrogen (secondary N) is 1. The molecule has 3 heteroatoms. The first kappa shape index (κ1) is 13.9. The molecule has 0 spiro atoms. The van der Waals surface area contributed by atoms with Gasteiger partial charge in [-0.25, -0.2) is 0 Å². The number of hydrogen-bond acceptors (Lipinski definition) is 3. The Morgan fingerprint density at radius 1 is 1.30 bits per heavy atom. The predicted octanol–water partition coefficient (Wildman–Crippen LogP) is 2.45. The highest BCUT2D eigenvalue weighted by atomic mass is 16.5. The van der Waals surface area contributed by atoms with Gasteiger partial charge in [-0.1, -0.05) is 18.2 Å². The standard InChI is InChI=1S/C17H26N2O/c1-13-11-18-16(14-7-8-14)12-19(13)17-6-4-3-5-15(17)9-10-20-2/h3-6,13-14,16,18H,7-12H2,1-2H3. The maximum Gasteiger partial charge on any atom is 0.0503 e. The summed E-state index contributed by atoms with van der Waals surface area (Å²) in [4.78, 5) is 2.60. The van der Waals surface area contributed by atoms with Gasteiger partial charge in [0.1, 0.15) is 0 Å². The number of methoxy groups -OCH3 is 1. The summed E-state index contributed by atoms with van der Waals surface area (Å²) in [6.45, 7) is 5.36. The molecule has 0 aromatic heterocycles. The van der Waals surface area contributed by atoms with Crippen LogP contribution in [0.3, 0.4) is 0 Å². The van der Waals surface area contributed by atoms with Crippen LogP contribution in [0.4, 0.5) is 5.69 Å². The summed E-state index contributed by atoms with van der Waals surface area (Å²) in [5.74, 6) is 0.913. The number of nitrogens with zero attached hydrogens (tertiary/aromatic N) is 1. The Bertz CT molecular complexity index is 444. The molecule has 1 heterocycles. The second-order valence-electron chi connectivity index (χ2n) is 6.23. The SMILES string of the molecule is COCCc1ccccc1N1CC(C2CC2)NCC1C. The minimum absolute atomic E-state index is 0.564. The van der Waals surface area contributed by atoms with Crippen molar-refractivity contribution in [2.24, 2.45) is 5.92 Å². The fourth-order valence-electron chi connectivity index (χ4n) is 3.25. The number of anilines is 1. The monoisotopic (exact) mass is 274 g/mol. The molecule has 3 nitrogen and oxygen atoms in total. The zero-order valence-corrected chi connectivity index (χ0v) is 12.6. The molecule has 1 aromatic carbocycles. The summed E-state index contributed by atoms with van der Waals surface area (Å²) >= 11 is 0. The highest BCUT2D eigenvalue weighted by molar-refractivity contribution is 5.55. The first-order valence-corrected chi connectivity index (χ1v) is 7.86. The van der Waals surface area contributed by atoms with Crippen LogP contribution in [0.1, 0.15) is 25.3 Å². The van der Waals surface area contributed by atoms with Crippen molar-refractivity contribution in [1.29, 1.82) is 0 Å². The fraction of sp³-hybridized carbons (Fsp3) is 0.647.